The van der Waals surface area contributed by atoms with E-state index in [1.165, 1.54) is 32.9 Å². The van der Waals surface area contributed by atoms with Crippen LogP contribution in [-0.4, -0.2) is 40.1 Å². The van der Waals surface area contributed by atoms with Crippen molar-refractivity contribution in [3.8, 4) is 0 Å². The average Bonchev–Trinajstić information content (AvgIpc) is 3.66. The first kappa shape index (κ1) is 28.1. The second-order valence-electron chi connectivity index (χ2n) is 9.88. The highest BCUT2D eigenvalue weighted by Crippen LogP contribution is 2.54. The zero-order valence-corrected chi connectivity index (χ0v) is 25.0. The van der Waals surface area contributed by atoms with Gasteiger partial charge in [-0.2, -0.15) is 0 Å². The van der Waals surface area contributed by atoms with Crippen molar-refractivity contribution in [1.82, 2.24) is 4.57 Å². The number of carbonyl (C=O) groups is 4. The average molecular weight is 620 g/mol. The number of anilines is 2. The molecule has 9 nitrogen and oxygen atoms in total. The van der Waals surface area contributed by atoms with Gasteiger partial charge in [-0.1, -0.05) is 41.3 Å². The first-order valence-corrected chi connectivity index (χ1v) is 15.8. The van der Waals surface area contributed by atoms with Crippen LogP contribution in [0.3, 0.4) is 0 Å². The summed E-state index contributed by atoms with van der Waals surface area (Å²) in [6.07, 6.45) is 0. The van der Waals surface area contributed by atoms with Crippen LogP contribution in [0, 0.1) is 12.8 Å². The maximum atomic E-state index is 13.9. The predicted molar refractivity (Wildman–Crippen MR) is 163 cm³/mol. The van der Waals surface area contributed by atoms with Crippen molar-refractivity contribution in [2.24, 2.45) is 5.92 Å². The molecule has 1 fully saturated rings. The number of thiophene rings is 1. The number of amides is 3. The zero-order valence-electron chi connectivity index (χ0n) is 22.6. The van der Waals surface area contributed by atoms with Gasteiger partial charge in [-0.3, -0.25) is 23.7 Å². The Balaban J connectivity index is 1.34. The van der Waals surface area contributed by atoms with E-state index in [0.29, 0.717) is 26.8 Å². The number of carbonyl (C=O) groups excluding carboxylic acids is 4. The van der Waals surface area contributed by atoms with Gasteiger partial charge in [0.1, 0.15) is 11.8 Å². The molecule has 2 aliphatic rings. The quantitative estimate of drug-likeness (QED) is 0.231. The lowest BCUT2D eigenvalue weighted by molar-refractivity contribution is -0.122. The molecule has 0 bridgehead atoms. The third kappa shape index (κ3) is 4.99. The molecule has 2 aliphatic heterocycles. The minimum Gasteiger partial charge on any atom is -0.462 e. The van der Waals surface area contributed by atoms with Gasteiger partial charge in [-0.05, 0) is 67.3 Å². The van der Waals surface area contributed by atoms with E-state index < -0.39 is 29.0 Å². The van der Waals surface area contributed by atoms with E-state index >= 15 is 0 Å². The van der Waals surface area contributed by atoms with E-state index in [4.69, 9.17) is 4.74 Å². The number of esters is 1. The van der Waals surface area contributed by atoms with Crippen LogP contribution in [0.5, 0.6) is 0 Å². The number of ether oxygens (including phenoxy) is 1. The van der Waals surface area contributed by atoms with Gasteiger partial charge in [0, 0.05) is 21.4 Å². The standard InChI is InChI=1S/C30H25N3O6S3/c1-3-39-29(37)17-9-11-19(12-10-17)33-26(35)23-22(20-8-5-13-40-20)25-28(41-24(23)27(33)36)32(30(38)42-25)15-21(34)31-18-7-4-6-16(2)14-18/h4-14,22-24H,3,15H2,1-2H3,(H,31,34)/t22-,23?,24?/m1/s1. The molecule has 0 aliphatic carbocycles. The van der Waals surface area contributed by atoms with Crippen LogP contribution >= 0.6 is 34.4 Å². The number of aromatic nitrogens is 1. The van der Waals surface area contributed by atoms with Crippen LogP contribution < -0.4 is 15.1 Å². The summed E-state index contributed by atoms with van der Waals surface area (Å²) in [5, 5.41) is 4.48. The molecule has 2 aromatic heterocycles. The van der Waals surface area contributed by atoms with Gasteiger partial charge < -0.3 is 10.1 Å². The molecule has 42 heavy (non-hydrogen) atoms. The lowest BCUT2D eigenvalue weighted by Gasteiger charge is -2.29. The molecule has 2 aromatic carbocycles. The van der Waals surface area contributed by atoms with Crippen LogP contribution in [0.1, 0.15) is 38.5 Å². The molecule has 1 saturated heterocycles. The fourth-order valence-electron chi connectivity index (χ4n) is 5.31. The largest absolute Gasteiger partial charge is 0.462 e. The van der Waals surface area contributed by atoms with Crippen molar-refractivity contribution in [2.45, 2.75) is 36.6 Å². The minimum absolute atomic E-state index is 0.221. The SMILES string of the molecule is CCOC(=O)c1ccc(N2C(=O)C3Sc4c(sc(=O)n4CC(=O)Nc4cccc(C)c4)[C@H](c4cccs4)C3C2=O)cc1. The summed E-state index contributed by atoms with van der Waals surface area (Å²) in [5.41, 5.74) is 2.29. The molecule has 0 spiro atoms. The fraction of sp³-hybridized carbons (Fsp3) is 0.233. The Morgan fingerprint density at radius 3 is 2.48 bits per heavy atom. The maximum absolute atomic E-state index is 13.9. The molecule has 2 unspecified atom stereocenters. The maximum Gasteiger partial charge on any atom is 0.338 e. The Bertz CT molecular complexity index is 1760. The summed E-state index contributed by atoms with van der Waals surface area (Å²) in [6.45, 7) is 3.65. The van der Waals surface area contributed by atoms with Crippen LogP contribution in [0.4, 0.5) is 11.4 Å². The highest BCUT2D eigenvalue weighted by molar-refractivity contribution is 8.00. The Labute approximate surface area is 253 Å². The second kappa shape index (κ2) is 11.3. The van der Waals surface area contributed by atoms with Crippen LogP contribution in [0.15, 0.2) is 75.9 Å². The van der Waals surface area contributed by atoms with Crippen LogP contribution in [0.25, 0.3) is 0 Å². The van der Waals surface area contributed by atoms with Gasteiger partial charge in [0.25, 0.3) is 0 Å². The van der Waals surface area contributed by atoms with E-state index in [1.54, 1.807) is 25.1 Å². The van der Waals surface area contributed by atoms with Crippen molar-refractivity contribution in [1.29, 1.82) is 0 Å². The van der Waals surface area contributed by atoms with Crippen LogP contribution in [0.2, 0.25) is 0 Å². The molecule has 4 heterocycles. The van der Waals surface area contributed by atoms with Crippen molar-refractivity contribution in [3.05, 3.63) is 96.6 Å². The number of fused-ring (bicyclic) bond motifs is 2. The number of hydrogen-bond donors (Lipinski definition) is 1. The number of nitrogens with zero attached hydrogens (tertiary/aromatic N) is 2. The van der Waals surface area contributed by atoms with E-state index in [9.17, 15) is 24.0 Å². The number of rotatable bonds is 7. The van der Waals surface area contributed by atoms with Gasteiger partial charge in [0.2, 0.25) is 17.7 Å². The number of nitrogens with one attached hydrogen (secondary N) is 1. The molecule has 4 aromatic rings. The molecule has 3 atom stereocenters. The van der Waals surface area contributed by atoms with Gasteiger partial charge >= 0.3 is 10.8 Å². The van der Waals surface area contributed by atoms with Gasteiger partial charge in [0.15, 0.2) is 0 Å². The summed E-state index contributed by atoms with van der Waals surface area (Å²) in [5.74, 6) is -2.86. The van der Waals surface area contributed by atoms with Crippen molar-refractivity contribution in [3.63, 3.8) is 0 Å². The van der Waals surface area contributed by atoms with Gasteiger partial charge in [-0.15, -0.1) is 11.3 Å². The Hall–Kier alpha value is -4.00. The highest BCUT2D eigenvalue weighted by Gasteiger charge is 2.57. The van der Waals surface area contributed by atoms with E-state index in [2.05, 4.69) is 5.32 Å². The molecular formula is C30H25N3O6S3. The number of hydrogen-bond acceptors (Lipinski definition) is 9. The first-order valence-electron chi connectivity index (χ1n) is 13.2. The minimum atomic E-state index is -0.790. The summed E-state index contributed by atoms with van der Waals surface area (Å²) < 4.78 is 6.44. The normalized spacial score (nSPS) is 19.4. The third-order valence-electron chi connectivity index (χ3n) is 7.14. The lowest BCUT2D eigenvalue weighted by atomic mass is 9.87. The molecule has 1 N–H and O–H groups in total. The number of thioether (sulfide) groups is 1. The summed E-state index contributed by atoms with van der Waals surface area (Å²) in [7, 11) is 0. The zero-order chi connectivity index (χ0) is 29.5. The molecule has 214 valence electrons. The van der Waals surface area contributed by atoms with Crippen molar-refractivity contribution < 1.29 is 23.9 Å². The van der Waals surface area contributed by atoms with E-state index in [0.717, 1.165) is 33.5 Å². The first-order chi connectivity index (χ1) is 20.3. The van der Waals surface area contributed by atoms with E-state index in [1.807, 2.05) is 42.6 Å². The summed E-state index contributed by atoms with van der Waals surface area (Å²) >= 11 is 3.63. The topological polar surface area (TPSA) is 115 Å². The monoisotopic (exact) mass is 619 g/mol. The number of thiazole rings is 1. The highest BCUT2D eigenvalue weighted by atomic mass is 32.2. The van der Waals surface area contributed by atoms with Gasteiger partial charge in [0.05, 0.1) is 28.8 Å². The van der Waals surface area contributed by atoms with Gasteiger partial charge in [-0.25, -0.2) is 9.69 Å². The molecule has 3 amide bonds. The molecule has 6 rings (SSSR count). The molecule has 0 saturated carbocycles. The smallest absolute Gasteiger partial charge is 0.338 e. The Morgan fingerprint density at radius 1 is 1.00 bits per heavy atom. The predicted octanol–water partition coefficient (Wildman–Crippen LogP) is 4.89. The Kier molecular flexibility index (Phi) is 7.60. The van der Waals surface area contributed by atoms with Crippen molar-refractivity contribution >= 4 is 69.5 Å². The van der Waals surface area contributed by atoms with Crippen molar-refractivity contribution in [2.75, 3.05) is 16.8 Å². The number of benzene rings is 2. The molecular weight excluding hydrogens is 595 g/mol. The number of imide groups is 1. The number of aryl methyl sites for hydroxylation is 1. The van der Waals surface area contributed by atoms with E-state index in [-0.39, 0.29) is 29.8 Å². The van der Waals surface area contributed by atoms with Crippen LogP contribution in [-0.2, 0) is 25.7 Å². The molecule has 12 heteroatoms. The fourth-order valence-corrected chi connectivity index (χ4v) is 9.03. The third-order valence-corrected chi connectivity index (χ3v) is 10.7. The molecule has 0 radical (unpaired) electrons. The second-order valence-corrected chi connectivity index (χ2v) is 13.0. The Morgan fingerprint density at radius 2 is 1.79 bits per heavy atom. The lowest BCUT2D eigenvalue weighted by Crippen LogP contribution is -2.32. The summed E-state index contributed by atoms with van der Waals surface area (Å²) in [4.78, 5) is 68.5. The summed E-state index contributed by atoms with van der Waals surface area (Å²) in [6, 6.07) is 17.3.